The SMILES string of the molecule is CCCCCCCCCCOc1ccc(C(=O)OC(C)c2ccc(CCCCCCCC)cc2)cc1. The van der Waals surface area contributed by atoms with Gasteiger partial charge in [-0.1, -0.05) is 115 Å². The van der Waals surface area contributed by atoms with Gasteiger partial charge in [-0.15, -0.1) is 0 Å². The van der Waals surface area contributed by atoms with Crippen molar-refractivity contribution in [2.45, 2.75) is 123 Å². The van der Waals surface area contributed by atoms with Crippen molar-refractivity contribution in [1.29, 1.82) is 0 Å². The molecule has 200 valence electrons. The zero-order valence-electron chi connectivity index (χ0n) is 23.2. The van der Waals surface area contributed by atoms with Crippen LogP contribution in [0.2, 0.25) is 0 Å². The molecule has 0 N–H and O–H groups in total. The van der Waals surface area contributed by atoms with Gasteiger partial charge in [-0.05, 0) is 61.6 Å². The van der Waals surface area contributed by atoms with Gasteiger partial charge in [0.25, 0.3) is 0 Å². The van der Waals surface area contributed by atoms with Crippen LogP contribution in [0.5, 0.6) is 5.75 Å². The van der Waals surface area contributed by atoms with E-state index in [1.54, 1.807) is 12.1 Å². The molecule has 36 heavy (non-hydrogen) atoms. The van der Waals surface area contributed by atoms with Crippen LogP contribution in [0.25, 0.3) is 0 Å². The first-order chi connectivity index (χ1) is 17.6. The smallest absolute Gasteiger partial charge is 0.338 e. The number of esters is 1. The highest BCUT2D eigenvalue weighted by Crippen LogP contribution is 2.21. The molecule has 0 heterocycles. The van der Waals surface area contributed by atoms with E-state index >= 15 is 0 Å². The fraction of sp³-hybridized carbons (Fsp3) is 0.606. The van der Waals surface area contributed by atoms with Crippen molar-refractivity contribution >= 4 is 5.97 Å². The molecule has 2 aromatic rings. The van der Waals surface area contributed by atoms with Gasteiger partial charge in [0.15, 0.2) is 0 Å². The van der Waals surface area contributed by atoms with Crippen LogP contribution < -0.4 is 4.74 Å². The van der Waals surface area contributed by atoms with E-state index in [-0.39, 0.29) is 12.1 Å². The van der Waals surface area contributed by atoms with Gasteiger partial charge in [0.05, 0.1) is 12.2 Å². The van der Waals surface area contributed by atoms with Crippen molar-refractivity contribution in [2.75, 3.05) is 6.61 Å². The minimum absolute atomic E-state index is 0.279. The van der Waals surface area contributed by atoms with Crippen molar-refractivity contribution in [2.24, 2.45) is 0 Å². The van der Waals surface area contributed by atoms with Gasteiger partial charge < -0.3 is 9.47 Å². The number of carbonyl (C=O) groups is 1. The Morgan fingerprint density at radius 3 is 1.78 bits per heavy atom. The Kier molecular flexibility index (Phi) is 15.7. The van der Waals surface area contributed by atoms with E-state index in [4.69, 9.17) is 9.47 Å². The molecule has 0 amide bonds. The van der Waals surface area contributed by atoms with Gasteiger partial charge in [0.2, 0.25) is 0 Å². The highest BCUT2D eigenvalue weighted by atomic mass is 16.5. The Hall–Kier alpha value is -2.29. The van der Waals surface area contributed by atoms with Gasteiger partial charge in [-0.2, -0.15) is 0 Å². The van der Waals surface area contributed by atoms with E-state index in [2.05, 4.69) is 38.1 Å². The number of hydrogen-bond acceptors (Lipinski definition) is 3. The normalized spacial score (nSPS) is 11.9. The molecule has 3 nitrogen and oxygen atoms in total. The van der Waals surface area contributed by atoms with E-state index in [0.717, 1.165) is 30.8 Å². The molecule has 0 bridgehead atoms. The fourth-order valence-electron chi connectivity index (χ4n) is 4.47. The van der Waals surface area contributed by atoms with Crippen LogP contribution >= 0.6 is 0 Å². The Morgan fingerprint density at radius 2 is 1.19 bits per heavy atom. The molecule has 3 heteroatoms. The molecule has 0 fully saturated rings. The second-order valence-electron chi connectivity index (χ2n) is 10.2. The number of benzene rings is 2. The molecule has 1 unspecified atom stereocenters. The maximum absolute atomic E-state index is 12.6. The van der Waals surface area contributed by atoms with Crippen LogP contribution in [0.15, 0.2) is 48.5 Å². The zero-order chi connectivity index (χ0) is 25.8. The summed E-state index contributed by atoms with van der Waals surface area (Å²) < 4.78 is 11.6. The number of carbonyl (C=O) groups excluding carboxylic acids is 1. The van der Waals surface area contributed by atoms with Crippen molar-refractivity contribution in [1.82, 2.24) is 0 Å². The monoisotopic (exact) mass is 494 g/mol. The highest BCUT2D eigenvalue weighted by molar-refractivity contribution is 5.89. The van der Waals surface area contributed by atoms with E-state index < -0.39 is 0 Å². The lowest BCUT2D eigenvalue weighted by Gasteiger charge is -2.14. The third kappa shape index (κ3) is 12.6. The lowest BCUT2D eigenvalue weighted by Crippen LogP contribution is -2.09. The molecule has 0 aliphatic rings. The van der Waals surface area contributed by atoms with Gasteiger partial charge in [-0.3, -0.25) is 0 Å². The lowest BCUT2D eigenvalue weighted by atomic mass is 10.0. The summed E-state index contributed by atoms with van der Waals surface area (Å²) in [6.45, 7) is 7.17. The Labute approximate surface area is 221 Å². The summed E-state index contributed by atoms with van der Waals surface area (Å²) in [4.78, 5) is 12.6. The summed E-state index contributed by atoms with van der Waals surface area (Å²) in [5, 5.41) is 0. The van der Waals surface area contributed by atoms with Crippen LogP contribution in [0.1, 0.15) is 138 Å². The summed E-state index contributed by atoms with van der Waals surface area (Å²) in [5.74, 6) is 0.511. The molecule has 0 aliphatic carbocycles. The largest absolute Gasteiger partial charge is 0.494 e. The third-order valence-corrected chi connectivity index (χ3v) is 6.91. The molecular formula is C33H50O3. The number of unbranched alkanes of at least 4 members (excludes halogenated alkanes) is 12. The van der Waals surface area contributed by atoms with Crippen LogP contribution in [0.3, 0.4) is 0 Å². The third-order valence-electron chi connectivity index (χ3n) is 6.91. The highest BCUT2D eigenvalue weighted by Gasteiger charge is 2.14. The summed E-state index contributed by atoms with van der Waals surface area (Å²) in [5.41, 5.74) is 2.94. The number of rotatable bonds is 20. The van der Waals surface area contributed by atoms with Crippen molar-refractivity contribution in [3.8, 4) is 5.75 Å². The molecule has 0 saturated heterocycles. The standard InChI is InChI=1S/C33H50O3/c1-4-6-8-10-12-13-15-17-27-35-32-25-23-31(24-26-32)33(34)36-28(3)30-21-19-29(20-22-30)18-16-14-11-9-7-5-2/h19-26,28H,4-18,27H2,1-3H3. The topological polar surface area (TPSA) is 35.5 Å². The van der Waals surface area contributed by atoms with Crippen LogP contribution in [-0.4, -0.2) is 12.6 Å². The molecule has 0 spiro atoms. The number of hydrogen-bond donors (Lipinski definition) is 0. The first-order valence-corrected chi connectivity index (χ1v) is 14.7. The predicted molar refractivity (Wildman–Crippen MR) is 152 cm³/mol. The minimum Gasteiger partial charge on any atom is -0.494 e. The van der Waals surface area contributed by atoms with E-state index in [0.29, 0.717) is 5.56 Å². The van der Waals surface area contributed by atoms with Crippen molar-refractivity contribution in [3.63, 3.8) is 0 Å². The summed E-state index contributed by atoms with van der Waals surface area (Å²) in [7, 11) is 0. The average Bonchev–Trinajstić information content (AvgIpc) is 2.90. The minimum atomic E-state index is -0.298. The van der Waals surface area contributed by atoms with Crippen LogP contribution in [0, 0.1) is 0 Å². The Morgan fingerprint density at radius 1 is 0.667 bits per heavy atom. The fourth-order valence-corrected chi connectivity index (χ4v) is 4.47. The second kappa shape index (κ2) is 18.9. The molecule has 0 aliphatic heterocycles. The summed E-state index contributed by atoms with van der Waals surface area (Å²) >= 11 is 0. The van der Waals surface area contributed by atoms with E-state index in [1.165, 1.54) is 89.0 Å². The summed E-state index contributed by atoms with van der Waals surface area (Å²) in [6.07, 6.45) is 19.0. The summed E-state index contributed by atoms with van der Waals surface area (Å²) in [6, 6.07) is 15.8. The number of ether oxygens (including phenoxy) is 2. The predicted octanol–water partition coefficient (Wildman–Crippen LogP) is 10.0. The lowest BCUT2D eigenvalue weighted by molar-refractivity contribution is 0.0338. The zero-order valence-corrected chi connectivity index (χ0v) is 23.2. The molecule has 2 aromatic carbocycles. The van der Waals surface area contributed by atoms with Crippen LogP contribution in [-0.2, 0) is 11.2 Å². The van der Waals surface area contributed by atoms with Crippen molar-refractivity contribution < 1.29 is 14.3 Å². The Bertz CT molecular complexity index is 810. The molecule has 1 atom stereocenters. The first kappa shape index (κ1) is 29.9. The second-order valence-corrected chi connectivity index (χ2v) is 10.2. The van der Waals surface area contributed by atoms with Gasteiger partial charge in [-0.25, -0.2) is 4.79 Å². The molecular weight excluding hydrogens is 444 g/mol. The quantitative estimate of drug-likeness (QED) is 0.136. The van der Waals surface area contributed by atoms with Crippen molar-refractivity contribution in [3.05, 3.63) is 65.2 Å². The molecule has 0 radical (unpaired) electrons. The molecule has 0 aromatic heterocycles. The van der Waals surface area contributed by atoms with Gasteiger partial charge in [0.1, 0.15) is 11.9 Å². The average molecular weight is 495 g/mol. The maximum Gasteiger partial charge on any atom is 0.338 e. The first-order valence-electron chi connectivity index (χ1n) is 14.7. The van der Waals surface area contributed by atoms with Gasteiger partial charge in [0, 0.05) is 0 Å². The molecule has 2 rings (SSSR count). The van der Waals surface area contributed by atoms with E-state index in [1.807, 2.05) is 19.1 Å². The number of aryl methyl sites for hydroxylation is 1. The molecule has 0 saturated carbocycles. The van der Waals surface area contributed by atoms with Gasteiger partial charge >= 0.3 is 5.97 Å². The van der Waals surface area contributed by atoms with Crippen LogP contribution in [0.4, 0.5) is 0 Å². The van der Waals surface area contributed by atoms with E-state index in [9.17, 15) is 4.79 Å². The maximum atomic E-state index is 12.6. The Balaban J connectivity index is 1.65.